The highest BCUT2D eigenvalue weighted by Gasteiger charge is 2.30. The highest BCUT2D eigenvalue weighted by atomic mass is 19.1. The largest absolute Gasteiger partial charge is 0.350 e. The lowest BCUT2D eigenvalue weighted by molar-refractivity contribution is -0.127. The fraction of sp³-hybridized carbons (Fsp3) is 0.500. The number of carbonyl (C=O) groups is 2. The van der Waals surface area contributed by atoms with E-state index in [9.17, 15) is 14.0 Å². The summed E-state index contributed by atoms with van der Waals surface area (Å²) in [5.41, 5.74) is 0.995. The summed E-state index contributed by atoms with van der Waals surface area (Å²) in [6.07, 6.45) is 1.03. The fourth-order valence-electron chi connectivity index (χ4n) is 2.56. The van der Waals surface area contributed by atoms with Crippen LogP contribution in [0.25, 0.3) is 0 Å². The number of hydrogen-bond acceptors (Lipinski definition) is 3. The molecule has 5 nitrogen and oxygen atoms in total. The number of halogens is 1. The summed E-state index contributed by atoms with van der Waals surface area (Å²) in [5, 5.41) is 2.88. The van der Waals surface area contributed by atoms with Crippen LogP contribution >= 0.6 is 0 Å². The zero-order valence-corrected chi connectivity index (χ0v) is 13.0. The molecule has 1 aromatic rings. The second-order valence-electron chi connectivity index (χ2n) is 5.92. The summed E-state index contributed by atoms with van der Waals surface area (Å²) >= 11 is 0. The first-order chi connectivity index (χ1) is 10.4. The maximum atomic E-state index is 12.8. The van der Waals surface area contributed by atoms with Crippen LogP contribution in [-0.4, -0.2) is 61.4 Å². The summed E-state index contributed by atoms with van der Waals surface area (Å²) in [6, 6.07) is 6.18. The summed E-state index contributed by atoms with van der Waals surface area (Å²) in [6.45, 7) is 1.45. The van der Waals surface area contributed by atoms with E-state index < -0.39 is 0 Å². The first-order valence-electron chi connectivity index (χ1n) is 7.40. The topological polar surface area (TPSA) is 52.7 Å². The van der Waals surface area contributed by atoms with Crippen molar-refractivity contribution in [3.63, 3.8) is 0 Å². The van der Waals surface area contributed by atoms with Crippen LogP contribution in [0.1, 0.15) is 12.0 Å². The molecule has 0 saturated carbocycles. The van der Waals surface area contributed by atoms with Crippen LogP contribution < -0.4 is 5.32 Å². The van der Waals surface area contributed by atoms with E-state index in [0.29, 0.717) is 32.5 Å². The monoisotopic (exact) mass is 307 g/mol. The van der Waals surface area contributed by atoms with Crippen LogP contribution in [0.5, 0.6) is 0 Å². The first kappa shape index (κ1) is 16.4. The summed E-state index contributed by atoms with van der Waals surface area (Å²) < 4.78 is 12.8. The molecule has 1 aliphatic heterocycles. The lowest BCUT2D eigenvalue weighted by Gasteiger charge is -2.18. The Morgan fingerprint density at radius 2 is 2.05 bits per heavy atom. The maximum absolute atomic E-state index is 12.8. The molecule has 2 amide bonds. The average molecular weight is 307 g/mol. The Balaban J connectivity index is 1.79. The van der Waals surface area contributed by atoms with Gasteiger partial charge in [-0.25, -0.2) is 4.39 Å². The Kier molecular flexibility index (Phi) is 5.49. The number of likely N-dealkylation sites (tertiary alicyclic amines) is 1. The molecule has 0 spiro atoms. The molecule has 120 valence electrons. The van der Waals surface area contributed by atoms with E-state index in [1.165, 1.54) is 12.1 Å². The van der Waals surface area contributed by atoms with E-state index in [2.05, 4.69) is 5.32 Å². The molecule has 0 radical (unpaired) electrons. The third-order valence-electron chi connectivity index (χ3n) is 3.62. The van der Waals surface area contributed by atoms with Crippen LogP contribution in [0.2, 0.25) is 0 Å². The van der Waals surface area contributed by atoms with Gasteiger partial charge in [0.25, 0.3) is 0 Å². The van der Waals surface area contributed by atoms with Gasteiger partial charge in [0, 0.05) is 19.5 Å². The van der Waals surface area contributed by atoms with Crippen molar-refractivity contribution in [2.75, 3.05) is 33.7 Å². The Hall–Kier alpha value is -1.95. The maximum Gasteiger partial charge on any atom is 0.234 e. The molecule has 1 aromatic carbocycles. The molecule has 0 aromatic heterocycles. The van der Waals surface area contributed by atoms with Gasteiger partial charge < -0.3 is 15.1 Å². The predicted octanol–water partition coefficient (Wildman–Crippen LogP) is 0.647. The molecular weight excluding hydrogens is 285 g/mol. The fourth-order valence-corrected chi connectivity index (χ4v) is 2.56. The number of nitrogens with one attached hydrogen (secondary N) is 1. The molecule has 1 fully saturated rings. The van der Waals surface area contributed by atoms with Crippen LogP contribution in [0.4, 0.5) is 4.39 Å². The molecule has 1 saturated heterocycles. The van der Waals surface area contributed by atoms with Crippen molar-refractivity contribution in [3.05, 3.63) is 35.6 Å². The molecule has 22 heavy (non-hydrogen) atoms. The summed E-state index contributed by atoms with van der Waals surface area (Å²) in [4.78, 5) is 27.2. The molecular formula is C16H22FN3O2. The first-order valence-corrected chi connectivity index (χ1v) is 7.40. The molecule has 6 heteroatoms. The summed E-state index contributed by atoms with van der Waals surface area (Å²) in [7, 11) is 3.66. The number of hydrogen-bond donors (Lipinski definition) is 1. The van der Waals surface area contributed by atoms with Crippen molar-refractivity contribution in [2.45, 2.75) is 18.9 Å². The molecule has 1 N–H and O–H groups in total. The number of benzene rings is 1. The number of nitrogens with zero attached hydrogens (tertiary/aromatic N) is 2. The van der Waals surface area contributed by atoms with E-state index in [1.807, 2.05) is 14.1 Å². The Morgan fingerprint density at radius 1 is 1.36 bits per heavy atom. The third kappa shape index (κ3) is 4.80. The minimum absolute atomic E-state index is 0.0530. The highest BCUT2D eigenvalue weighted by molar-refractivity contribution is 5.83. The third-order valence-corrected chi connectivity index (χ3v) is 3.62. The second-order valence-corrected chi connectivity index (χ2v) is 5.92. The van der Waals surface area contributed by atoms with Gasteiger partial charge >= 0.3 is 0 Å². The molecule has 0 bridgehead atoms. The molecule has 1 unspecified atom stereocenters. The molecule has 0 aliphatic carbocycles. The standard InChI is InChI=1S/C16H22FN3O2/c1-19(2)11-15(21)18-14-9-16(22)20(10-14)8-7-12-3-5-13(17)6-4-12/h3-6,14H,7-11H2,1-2H3,(H,18,21). The van der Waals surface area contributed by atoms with Crippen molar-refractivity contribution in [2.24, 2.45) is 0 Å². The Bertz CT molecular complexity index is 531. The van der Waals surface area contributed by atoms with Gasteiger partial charge in [0.1, 0.15) is 5.82 Å². The van der Waals surface area contributed by atoms with Gasteiger partial charge in [-0.1, -0.05) is 12.1 Å². The quantitative estimate of drug-likeness (QED) is 0.839. The van der Waals surface area contributed by atoms with E-state index in [-0.39, 0.29) is 23.7 Å². The van der Waals surface area contributed by atoms with E-state index in [1.54, 1.807) is 21.9 Å². The predicted molar refractivity (Wildman–Crippen MR) is 81.8 cm³/mol. The van der Waals surface area contributed by atoms with E-state index in [0.717, 1.165) is 5.56 Å². The van der Waals surface area contributed by atoms with Crippen LogP contribution in [0.15, 0.2) is 24.3 Å². The van der Waals surface area contributed by atoms with Gasteiger partial charge in [0.2, 0.25) is 11.8 Å². The smallest absolute Gasteiger partial charge is 0.234 e. The minimum atomic E-state index is -0.260. The second kappa shape index (κ2) is 7.35. The average Bonchev–Trinajstić information content (AvgIpc) is 2.77. The lowest BCUT2D eigenvalue weighted by Crippen LogP contribution is -2.41. The van der Waals surface area contributed by atoms with Crippen LogP contribution in [0, 0.1) is 5.82 Å². The lowest BCUT2D eigenvalue weighted by atomic mass is 10.1. The number of likely N-dealkylation sites (N-methyl/N-ethyl adjacent to an activating group) is 1. The normalized spacial score (nSPS) is 18.1. The molecule has 1 aliphatic rings. The zero-order valence-electron chi connectivity index (χ0n) is 13.0. The summed E-state index contributed by atoms with van der Waals surface area (Å²) in [5.74, 6) is -0.273. The molecule has 2 rings (SSSR count). The van der Waals surface area contributed by atoms with E-state index in [4.69, 9.17) is 0 Å². The SMILES string of the molecule is CN(C)CC(=O)NC1CC(=O)N(CCc2ccc(F)cc2)C1. The van der Waals surface area contributed by atoms with Gasteiger partial charge in [0.05, 0.1) is 12.6 Å². The van der Waals surface area contributed by atoms with Crippen molar-refractivity contribution in [1.82, 2.24) is 15.1 Å². The van der Waals surface area contributed by atoms with Crippen LogP contribution in [-0.2, 0) is 16.0 Å². The van der Waals surface area contributed by atoms with Crippen LogP contribution in [0.3, 0.4) is 0 Å². The zero-order chi connectivity index (χ0) is 16.1. The number of amides is 2. The van der Waals surface area contributed by atoms with Gasteiger partial charge in [-0.15, -0.1) is 0 Å². The van der Waals surface area contributed by atoms with Gasteiger partial charge in [-0.05, 0) is 38.2 Å². The number of carbonyl (C=O) groups excluding carboxylic acids is 2. The molecule has 1 atom stereocenters. The van der Waals surface area contributed by atoms with Crippen molar-refractivity contribution in [3.8, 4) is 0 Å². The minimum Gasteiger partial charge on any atom is -0.350 e. The van der Waals surface area contributed by atoms with Crippen molar-refractivity contribution >= 4 is 11.8 Å². The molecule has 1 heterocycles. The number of rotatable bonds is 6. The van der Waals surface area contributed by atoms with Gasteiger partial charge in [-0.3, -0.25) is 9.59 Å². The van der Waals surface area contributed by atoms with Crippen molar-refractivity contribution < 1.29 is 14.0 Å². The van der Waals surface area contributed by atoms with Gasteiger partial charge in [0.15, 0.2) is 0 Å². The Labute approximate surface area is 130 Å². The van der Waals surface area contributed by atoms with Gasteiger partial charge in [-0.2, -0.15) is 0 Å². The van der Waals surface area contributed by atoms with Crippen molar-refractivity contribution in [1.29, 1.82) is 0 Å². The van der Waals surface area contributed by atoms with E-state index >= 15 is 0 Å². The highest BCUT2D eigenvalue weighted by Crippen LogP contribution is 2.13. The Morgan fingerprint density at radius 3 is 2.68 bits per heavy atom.